The van der Waals surface area contributed by atoms with Crippen LogP contribution >= 0.6 is 11.6 Å². The van der Waals surface area contributed by atoms with Crippen LogP contribution in [0, 0.1) is 0 Å². The van der Waals surface area contributed by atoms with E-state index >= 15 is 0 Å². The number of anilines is 1. The maximum Gasteiger partial charge on any atom is 0.534 e. The van der Waals surface area contributed by atoms with Gasteiger partial charge in [-0.1, -0.05) is 11.6 Å². The lowest BCUT2D eigenvalue weighted by Gasteiger charge is -2.36. The van der Waals surface area contributed by atoms with Crippen LogP contribution in [0.2, 0.25) is 5.02 Å². The average molecular weight is 497 g/mol. The van der Waals surface area contributed by atoms with Crippen molar-refractivity contribution < 1.29 is 35.3 Å². The Balaban J connectivity index is 1.75. The van der Waals surface area contributed by atoms with E-state index in [2.05, 4.69) is 14.2 Å². The van der Waals surface area contributed by atoms with Crippen LogP contribution in [0.25, 0.3) is 11.0 Å². The lowest BCUT2D eigenvalue weighted by molar-refractivity contribution is -0.0501. The maximum absolute atomic E-state index is 12.5. The monoisotopic (exact) mass is 496 g/mol. The number of piperazine rings is 1. The molecule has 0 spiro atoms. The Morgan fingerprint density at radius 3 is 2.31 bits per heavy atom. The van der Waals surface area contributed by atoms with E-state index in [0.717, 1.165) is 6.07 Å². The van der Waals surface area contributed by atoms with Gasteiger partial charge in [-0.05, 0) is 26.8 Å². The molecule has 0 atom stereocenters. The van der Waals surface area contributed by atoms with Crippen molar-refractivity contribution in [2.24, 2.45) is 0 Å². The number of hydrogen-bond acceptors (Lipinski definition) is 8. The van der Waals surface area contributed by atoms with Crippen molar-refractivity contribution in [3.8, 4) is 5.88 Å². The van der Waals surface area contributed by atoms with E-state index in [9.17, 15) is 26.4 Å². The fraction of sp³-hybridized carbons (Fsp3) is 0.500. The molecule has 0 aliphatic carbocycles. The van der Waals surface area contributed by atoms with Gasteiger partial charge < -0.3 is 18.7 Å². The van der Waals surface area contributed by atoms with E-state index < -0.39 is 33.2 Å². The summed E-state index contributed by atoms with van der Waals surface area (Å²) >= 11 is 6.12. The zero-order valence-corrected chi connectivity index (χ0v) is 18.9. The fourth-order valence-corrected chi connectivity index (χ4v) is 3.52. The van der Waals surface area contributed by atoms with Crippen molar-refractivity contribution in [1.82, 2.24) is 14.9 Å². The van der Waals surface area contributed by atoms with Gasteiger partial charge in [-0.3, -0.25) is 0 Å². The van der Waals surface area contributed by atoms with Crippen LogP contribution in [0.1, 0.15) is 20.8 Å². The summed E-state index contributed by atoms with van der Waals surface area (Å²) in [6.45, 7) is 7.17. The second-order valence-electron chi connectivity index (χ2n) is 7.94. The molecule has 0 radical (unpaired) electrons. The first-order chi connectivity index (χ1) is 14.7. The molecule has 0 N–H and O–H groups in total. The largest absolute Gasteiger partial charge is 0.534 e. The number of carbonyl (C=O) groups excluding carboxylic acids is 1. The van der Waals surface area contributed by atoms with Crippen molar-refractivity contribution in [3.63, 3.8) is 0 Å². The number of alkyl halides is 3. The molecule has 2 aromatic heterocycles. The van der Waals surface area contributed by atoms with Gasteiger partial charge in [0.15, 0.2) is 5.65 Å². The third kappa shape index (κ3) is 5.44. The summed E-state index contributed by atoms with van der Waals surface area (Å²) in [7, 11) is -5.88. The van der Waals surface area contributed by atoms with Crippen molar-refractivity contribution in [2.75, 3.05) is 31.1 Å². The lowest BCUT2D eigenvalue weighted by Crippen LogP contribution is -2.50. The number of rotatable bonds is 3. The highest BCUT2D eigenvalue weighted by atomic mass is 35.5. The quantitative estimate of drug-likeness (QED) is 0.469. The lowest BCUT2D eigenvalue weighted by atomic mass is 10.2. The molecule has 3 rings (SSSR count). The summed E-state index contributed by atoms with van der Waals surface area (Å²) in [5.74, 6) is -0.842. The van der Waals surface area contributed by atoms with Crippen LogP contribution in [0.15, 0.2) is 18.3 Å². The fourth-order valence-electron chi connectivity index (χ4n) is 2.88. The zero-order valence-electron chi connectivity index (χ0n) is 17.3. The average Bonchev–Trinajstić information content (AvgIpc) is 2.65. The van der Waals surface area contributed by atoms with Crippen molar-refractivity contribution in [2.45, 2.75) is 31.9 Å². The Morgan fingerprint density at radius 1 is 1.12 bits per heavy atom. The molecule has 1 amide bonds. The number of halogens is 4. The van der Waals surface area contributed by atoms with Gasteiger partial charge in [0.25, 0.3) is 0 Å². The van der Waals surface area contributed by atoms with Gasteiger partial charge in [-0.15, -0.1) is 0 Å². The van der Waals surface area contributed by atoms with E-state index in [1.807, 2.05) is 4.90 Å². The van der Waals surface area contributed by atoms with Crippen LogP contribution in [0.5, 0.6) is 5.88 Å². The van der Waals surface area contributed by atoms with Gasteiger partial charge in [0.1, 0.15) is 5.60 Å². The van der Waals surface area contributed by atoms with Crippen molar-refractivity contribution >= 4 is 44.5 Å². The summed E-state index contributed by atoms with van der Waals surface area (Å²) in [5.41, 5.74) is -5.63. The first-order valence-electron chi connectivity index (χ1n) is 9.36. The van der Waals surface area contributed by atoms with Gasteiger partial charge in [-0.25, -0.2) is 9.78 Å². The molecular formula is C18H20ClF3N4O5S. The summed E-state index contributed by atoms with van der Waals surface area (Å²) in [5, 5.41) is 0.222. The van der Waals surface area contributed by atoms with Gasteiger partial charge in [0.05, 0.1) is 16.9 Å². The highest BCUT2D eigenvalue weighted by Crippen LogP contribution is 2.31. The summed E-state index contributed by atoms with van der Waals surface area (Å²) < 4.78 is 69.3. The van der Waals surface area contributed by atoms with Crippen molar-refractivity contribution in [3.05, 3.63) is 23.4 Å². The SMILES string of the molecule is CC(C)(C)OC(=O)N1CCN(c2cnc3nc(OS(=O)(=O)C(F)(F)F)cc(Cl)c3c2)CC1. The Kier molecular flexibility index (Phi) is 6.35. The Morgan fingerprint density at radius 2 is 1.75 bits per heavy atom. The summed E-state index contributed by atoms with van der Waals surface area (Å²) in [6.07, 6.45) is 1.03. The van der Waals surface area contributed by atoms with Gasteiger partial charge in [0, 0.05) is 37.6 Å². The Labute approximate surface area is 187 Å². The molecule has 0 saturated carbocycles. The molecule has 2 aromatic rings. The van der Waals surface area contributed by atoms with E-state index in [1.54, 1.807) is 31.7 Å². The van der Waals surface area contributed by atoms with Crippen LogP contribution in [0.4, 0.5) is 23.7 Å². The number of ether oxygens (including phenoxy) is 1. The molecule has 0 aromatic carbocycles. The Hall–Kier alpha value is -2.54. The second kappa shape index (κ2) is 8.43. The third-order valence-corrected chi connectivity index (χ3v) is 5.62. The van der Waals surface area contributed by atoms with E-state index in [4.69, 9.17) is 16.3 Å². The molecule has 0 bridgehead atoms. The van der Waals surface area contributed by atoms with Crippen molar-refractivity contribution in [1.29, 1.82) is 0 Å². The van der Waals surface area contributed by atoms with Crippen LogP contribution in [0.3, 0.4) is 0 Å². The molecule has 0 unspecified atom stereocenters. The van der Waals surface area contributed by atoms with Crippen LogP contribution < -0.4 is 9.08 Å². The summed E-state index contributed by atoms with van der Waals surface area (Å²) in [6, 6.07) is 2.50. The van der Waals surface area contributed by atoms with Gasteiger partial charge >= 0.3 is 21.7 Å². The number of hydrogen-bond donors (Lipinski definition) is 0. The predicted octanol–water partition coefficient (Wildman–Crippen LogP) is 3.57. The molecule has 176 valence electrons. The first kappa shape index (κ1) is 24.1. The molecule has 3 heterocycles. The molecule has 1 saturated heterocycles. The molecule has 32 heavy (non-hydrogen) atoms. The minimum absolute atomic E-state index is 0.0795. The van der Waals surface area contributed by atoms with Gasteiger partial charge in [-0.2, -0.15) is 26.6 Å². The van der Waals surface area contributed by atoms with E-state index in [1.165, 1.54) is 6.20 Å². The van der Waals surface area contributed by atoms with Crippen LogP contribution in [-0.2, 0) is 14.9 Å². The number of amides is 1. The van der Waals surface area contributed by atoms with E-state index in [0.29, 0.717) is 37.3 Å². The van der Waals surface area contributed by atoms with E-state index in [-0.39, 0.29) is 10.7 Å². The second-order valence-corrected chi connectivity index (χ2v) is 9.89. The summed E-state index contributed by atoms with van der Waals surface area (Å²) in [4.78, 5) is 23.5. The van der Waals surface area contributed by atoms with Gasteiger partial charge in [0.2, 0.25) is 5.88 Å². The standard InChI is InChI=1S/C18H20ClF3N4O5S/c1-17(2,3)30-16(27)26-6-4-25(5-7-26)11-8-12-13(19)9-14(24-15(12)23-10-11)31-32(28,29)18(20,21)22/h8-10H,4-7H2,1-3H3. The number of pyridine rings is 2. The highest BCUT2D eigenvalue weighted by Gasteiger charge is 2.49. The Bertz CT molecular complexity index is 1130. The topological polar surface area (TPSA) is 102 Å². The molecular weight excluding hydrogens is 477 g/mol. The zero-order chi connectivity index (χ0) is 23.9. The normalized spacial score (nSPS) is 15.7. The number of nitrogens with zero attached hydrogens (tertiary/aromatic N) is 4. The highest BCUT2D eigenvalue weighted by molar-refractivity contribution is 7.87. The predicted molar refractivity (Wildman–Crippen MR) is 110 cm³/mol. The number of fused-ring (bicyclic) bond motifs is 1. The molecule has 14 heteroatoms. The minimum Gasteiger partial charge on any atom is -0.444 e. The smallest absolute Gasteiger partial charge is 0.444 e. The molecule has 1 aliphatic rings. The molecule has 1 fully saturated rings. The molecule has 1 aliphatic heterocycles. The number of carbonyl (C=O) groups is 1. The first-order valence-corrected chi connectivity index (χ1v) is 11.1. The molecule has 9 nitrogen and oxygen atoms in total. The van der Waals surface area contributed by atoms with Crippen LogP contribution in [-0.4, -0.2) is 66.7 Å². The number of aromatic nitrogens is 2. The minimum atomic E-state index is -5.88. The third-order valence-electron chi connectivity index (χ3n) is 4.35. The maximum atomic E-state index is 12.5.